The molecule has 0 N–H and O–H groups in total. The lowest BCUT2D eigenvalue weighted by Crippen LogP contribution is -2.33. The first-order chi connectivity index (χ1) is 13.4. The van der Waals surface area contributed by atoms with Gasteiger partial charge in [-0.25, -0.2) is 15.0 Å². The van der Waals surface area contributed by atoms with Gasteiger partial charge in [0, 0.05) is 37.4 Å². The fourth-order valence-electron chi connectivity index (χ4n) is 2.66. The summed E-state index contributed by atoms with van der Waals surface area (Å²) in [5.74, 6) is 0.551. The van der Waals surface area contributed by atoms with Crippen molar-refractivity contribution in [2.24, 2.45) is 0 Å². The predicted molar refractivity (Wildman–Crippen MR) is 109 cm³/mol. The molecule has 2 heterocycles. The maximum Gasteiger partial charge on any atom is 0.255 e. The Balaban J connectivity index is 1.85. The Morgan fingerprint density at radius 1 is 1.11 bits per heavy atom. The van der Waals surface area contributed by atoms with Crippen LogP contribution in [0.1, 0.15) is 16.1 Å². The van der Waals surface area contributed by atoms with E-state index >= 15 is 0 Å². The van der Waals surface area contributed by atoms with Crippen LogP contribution < -0.4 is 4.74 Å². The van der Waals surface area contributed by atoms with Crippen LogP contribution in [0.2, 0.25) is 5.02 Å². The lowest BCUT2D eigenvalue weighted by atomic mass is 10.2. The van der Waals surface area contributed by atoms with Crippen molar-refractivity contribution in [1.29, 1.82) is 0 Å². The van der Waals surface area contributed by atoms with Crippen LogP contribution in [-0.2, 0) is 0 Å². The zero-order valence-corrected chi connectivity index (χ0v) is 17.1. The van der Waals surface area contributed by atoms with E-state index in [2.05, 4.69) is 15.0 Å². The van der Waals surface area contributed by atoms with Crippen molar-refractivity contribution in [3.63, 3.8) is 0 Å². The maximum atomic E-state index is 12.7. The molecule has 0 saturated heterocycles. The first-order valence-electron chi connectivity index (χ1n) is 8.80. The molecule has 0 aliphatic heterocycles. The van der Waals surface area contributed by atoms with Gasteiger partial charge in [-0.3, -0.25) is 4.79 Å². The summed E-state index contributed by atoms with van der Waals surface area (Å²) in [6, 6.07) is 7.06. The molecular weight excluding hydrogens is 378 g/mol. The molecule has 0 spiro atoms. The number of aryl methyl sites for hydroxylation is 1. The van der Waals surface area contributed by atoms with E-state index in [0.717, 1.165) is 23.1 Å². The highest BCUT2D eigenvalue weighted by molar-refractivity contribution is 6.35. The monoisotopic (exact) mass is 399 g/mol. The molecule has 0 aliphatic carbocycles. The summed E-state index contributed by atoms with van der Waals surface area (Å²) in [5.41, 5.74) is 2.03. The summed E-state index contributed by atoms with van der Waals surface area (Å²) in [5, 5.41) is 1.07. The lowest BCUT2D eigenvalue weighted by Gasteiger charge is -2.20. The number of likely N-dealkylation sites (N-methyl/N-ethyl adjacent to an activating group) is 2. The number of benzene rings is 1. The Morgan fingerprint density at radius 3 is 2.64 bits per heavy atom. The Kier molecular flexibility index (Phi) is 6.06. The Labute approximate surface area is 168 Å². The number of nitrogens with zero attached hydrogens (tertiary/aromatic N) is 5. The molecule has 1 amide bonds. The number of carbonyl (C=O) groups is 1. The number of halogens is 1. The highest BCUT2D eigenvalue weighted by atomic mass is 35.5. The summed E-state index contributed by atoms with van der Waals surface area (Å²) in [7, 11) is 5.66. The fourth-order valence-corrected chi connectivity index (χ4v) is 2.89. The lowest BCUT2D eigenvalue weighted by molar-refractivity contribution is 0.0786. The topological polar surface area (TPSA) is 71.4 Å². The molecule has 3 rings (SSSR count). The molecule has 0 saturated carbocycles. The molecule has 0 atom stereocenters. The van der Waals surface area contributed by atoms with Gasteiger partial charge in [0.25, 0.3) is 5.91 Å². The van der Waals surface area contributed by atoms with Crippen molar-refractivity contribution in [2.45, 2.75) is 6.92 Å². The van der Waals surface area contributed by atoms with E-state index in [0.29, 0.717) is 17.9 Å². The molecule has 0 unspecified atom stereocenters. The number of hydrogen-bond acceptors (Lipinski definition) is 6. The summed E-state index contributed by atoms with van der Waals surface area (Å²) >= 11 is 6.44. The molecule has 0 fully saturated rings. The van der Waals surface area contributed by atoms with E-state index in [9.17, 15) is 4.79 Å². The third kappa shape index (κ3) is 4.37. The van der Waals surface area contributed by atoms with Crippen molar-refractivity contribution in [1.82, 2.24) is 24.8 Å². The van der Waals surface area contributed by atoms with Gasteiger partial charge in [-0.15, -0.1) is 0 Å². The van der Waals surface area contributed by atoms with Crippen LogP contribution in [0.15, 0.2) is 36.8 Å². The Morgan fingerprint density at radius 2 is 1.89 bits per heavy atom. The van der Waals surface area contributed by atoms with Crippen molar-refractivity contribution >= 4 is 28.4 Å². The molecule has 0 aliphatic rings. The number of carbonyl (C=O) groups excluding carboxylic acids is 1. The van der Waals surface area contributed by atoms with Gasteiger partial charge in [0.2, 0.25) is 5.88 Å². The molecule has 8 heteroatoms. The largest absolute Gasteiger partial charge is 0.437 e. The van der Waals surface area contributed by atoms with Crippen LogP contribution in [0.5, 0.6) is 11.6 Å². The minimum atomic E-state index is -0.179. The number of hydrogen-bond donors (Lipinski definition) is 0. The second-order valence-electron chi connectivity index (χ2n) is 6.75. The van der Waals surface area contributed by atoms with Gasteiger partial charge in [0.15, 0.2) is 0 Å². The summed E-state index contributed by atoms with van der Waals surface area (Å²) in [6.45, 7) is 3.25. The average molecular weight is 400 g/mol. The van der Waals surface area contributed by atoms with E-state index in [1.807, 2.05) is 38.1 Å². The van der Waals surface area contributed by atoms with Crippen LogP contribution in [0.25, 0.3) is 10.9 Å². The minimum absolute atomic E-state index is 0.179. The Hall–Kier alpha value is -2.77. The van der Waals surface area contributed by atoms with Crippen LogP contribution in [0.4, 0.5) is 0 Å². The molecule has 146 valence electrons. The normalized spacial score (nSPS) is 11.1. The standard InChI is InChI=1S/C20H22ClN5O2/c1-13-16-11-14(5-6-17(16)24-12-23-13)28-19-18(21)15(7-8-22-19)20(27)26(4)10-9-25(2)3/h5-8,11-12H,9-10H2,1-4H3. The number of ether oxygens (including phenoxy) is 1. The van der Waals surface area contributed by atoms with Gasteiger partial charge in [-0.2, -0.15) is 0 Å². The zero-order valence-electron chi connectivity index (χ0n) is 16.3. The van der Waals surface area contributed by atoms with E-state index < -0.39 is 0 Å². The predicted octanol–water partition coefficient (Wildman–Crippen LogP) is 3.41. The second kappa shape index (κ2) is 8.50. The van der Waals surface area contributed by atoms with Crippen LogP contribution in [-0.4, -0.2) is 64.9 Å². The average Bonchev–Trinajstić information content (AvgIpc) is 2.68. The third-order valence-electron chi connectivity index (χ3n) is 4.34. The number of aromatic nitrogens is 3. The molecule has 3 aromatic rings. The number of pyridine rings is 1. The first-order valence-corrected chi connectivity index (χ1v) is 9.18. The molecule has 28 heavy (non-hydrogen) atoms. The molecule has 1 aromatic carbocycles. The zero-order chi connectivity index (χ0) is 20.3. The smallest absolute Gasteiger partial charge is 0.255 e. The van der Waals surface area contributed by atoms with Crippen molar-refractivity contribution < 1.29 is 9.53 Å². The summed E-state index contributed by atoms with van der Waals surface area (Å²) in [6.07, 6.45) is 3.04. The van der Waals surface area contributed by atoms with Gasteiger partial charge in [0.05, 0.1) is 11.1 Å². The van der Waals surface area contributed by atoms with Crippen LogP contribution >= 0.6 is 11.6 Å². The van der Waals surface area contributed by atoms with E-state index in [1.54, 1.807) is 24.1 Å². The van der Waals surface area contributed by atoms with Gasteiger partial charge in [0.1, 0.15) is 17.1 Å². The molecule has 2 aromatic heterocycles. The van der Waals surface area contributed by atoms with Gasteiger partial charge in [-0.1, -0.05) is 11.6 Å². The van der Waals surface area contributed by atoms with Gasteiger partial charge < -0.3 is 14.5 Å². The molecule has 7 nitrogen and oxygen atoms in total. The fraction of sp³-hybridized carbons (Fsp3) is 0.300. The highest BCUT2D eigenvalue weighted by Crippen LogP contribution is 2.32. The second-order valence-corrected chi connectivity index (χ2v) is 7.13. The van der Waals surface area contributed by atoms with E-state index in [1.165, 1.54) is 12.5 Å². The van der Waals surface area contributed by atoms with Crippen molar-refractivity contribution in [3.05, 3.63) is 53.1 Å². The van der Waals surface area contributed by atoms with Crippen LogP contribution in [0, 0.1) is 6.92 Å². The molecule has 0 bridgehead atoms. The number of rotatable bonds is 6. The highest BCUT2D eigenvalue weighted by Gasteiger charge is 2.19. The quantitative estimate of drug-likeness (QED) is 0.632. The van der Waals surface area contributed by atoms with Gasteiger partial charge in [-0.05, 0) is 45.3 Å². The number of amides is 1. The number of fused-ring (bicyclic) bond motifs is 1. The first kappa shape index (κ1) is 20.0. The van der Waals surface area contributed by atoms with Gasteiger partial charge >= 0.3 is 0 Å². The van der Waals surface area contributed by atoms with Crippen molar-refractivity contribution in [3.8, 4) is 11.6 Å². The van der Waals surface area contributed by atoms with E-state index in [4.69, 9.17) is 16.3 Å². The van der Waals surface area contributed by atoms with Crippen LogP contribution in [0.3, 0.4) is 0 Å². The molecular formula is C20H22ClN5O2. The maximum absolute atomic E-state index is 12.7. The third-order valence-corrected chi connectivity index (χ3v) is 4.70. The summed E-state index contributed by atoms with van der Waals surface area (Å²) in [4.78, 5) is 29.0. The summed E-state index contributed by atoms with van der Waals surface area (Å²) < 4.78 is 5.86. The molecule has 0 radical (unpaired) electrons. The van der Waals surface area contributed by atoms with Crippen molar-refractivity contribution in [2.75, 3.05) is 34.2 Å². The SMILES string of the molecule is Cc1ncnc2ccc(Oc3nccc(C(=O)N(C)CCN(C)C)c3Cl)cc12. The minimum Gasteiger partial charge on any atom is -0.437 e. The van der Waals surface area contributed by atoms with E-state index in [-0.39, 0.29) is 16.8 Å². The Bertz CT molecular complexity index is 1010.